The first-order valence-electron chi connectivity index (χ1n) is 6.03. The lowest BCUT2D eigenvalue weighted by molar-refractivity contribution is 0.102. The van der Waals surface area contributed by atoms with E-state index in [4.69, 9.17) is 9.47 Å². The van der Waals surface area contributed by atoms with Gasteiger partial charge in [0, 0.05) is 8.95 Å². The maximum atomic E-state index is 12.4. The van der Waals surface area contributed by atoms with Crippen LogP contribution in [0.1, 0.15) is 10.4 Å². The molecule has 6 heteroatoms. The molecule has 0 aliphatic rings. The highest BCUT2D eigenvalue weighted by Crippen LogP contribution is 2.29. The number of hydrogen-bond donors (Lipinski definition) is 1. The van der Waals surface area contributed by atoms with E-state index in [9.17, 15) is 4.79 Å². The maximum Gasteiger partial charge on any atom is 0.259 e. The van der Waals surface area contributed by atoms with E-state index in [1.165, 1.54) is 7.11 Å². The lowest BCUT2D eigenvalue weighted by Gasteiger charge is -2.12. The number of rotatable bonds is 4. The SMILES string of the molecule is COc1ccc(OC)c(C(=O)Nc2ccc(Br)cc2Br)c1. The second-order valence-corrected chi connectivity index (χ2v) is 5.91. The number of ether oxygens (including phenoxy) is 2. The van der Waals surface area contributed by atoms with Crippen molar-refractivity contribution in [2.45, 2.75) is 0 Å². The molecule has 0 saturated heterocycles. The normalized spacial score (nSPS) is 10.1. The first-order chi connectivity index (χ1) is 10.0. The third kappa shape index (κ3) is 3.77. The average molecular weight is 415 g/mol. The second-order valence-electron chi connectivity index (χ2n) is 4.14. The Morgan fingerprint density at radius 1 is 1.05 bits per heavy atom. The molecule has 0 unspecified atom stereocenters. The van der Waals surface area contributed by atoms with Crippen LogP contribution in [-0.2, 0) is 0 Å². The first kappa shape index (κ1) is 15.9. The summed E-state index contributed by atoms with van der Waals surface area (Å²) in [6, 6.07) is 10.6. The topological polar surface area (TPSA) is 47.6 Å². The van der Waals surface area contributed by atoms with Crippen LogP contribution in [0.4, 0.5) is 5.69 Å². The Morgan fingerprint density at radius 3 is 2.43 bits per heavy atom. The van der Waals surface area contributed by atoms with E-state index in [1.54, 1.807) is 31.4 Å². The number of hydrogen-bond acceptors (Lipinski definition) is 3. The molecule has 0 heterocycles. The van der Waals surface area contributed by atoms with Crippen molar-refractivity contribution >= 4 is 43.5 Å². The summed E-state index contributed by atoms with van der Waals surface area (Å²) in [6.07, 6.45) is 0. The van der Waals surface area contributed by atoms with Gasteiger partial charge in [-0.15, -0.1) is 0 Å². The van der Waals surface area contributed by atoms with Crippen molar-refractivity contribution in [2.24, 2.45) is 0 Å². The molecule has 2 aromatic rings. The second kappa shape index (κ2) is 6.95. The number of halogens is 2. The van der Waals surface area contributed by atoms with E-state index >= 15 is 0 Å². The predicted molar refractivity (Wildman–Crippen MR) is 89.3 cm³/mol. The van der Waals surface area contributed by atoms with Crippen LogP contribution in [0.15, 0.2) is 45.3 Å². The summed E-state index contributed by atoms with van der Waals surface area (Å²) in [4.78, 5) is 12.4. The summed E-state index contributed by atoms with van der Waals surface area (Å²) in [5.74, 6) is 0.811. The van der Waals surface area contributed by atoms with Gasteiger partial charge in [0.1, 0.15) is 11.5 Å². The zero-order valence-corrected chi connectivity index (χ0v) is 14.6. The Labute approximate surface area is 139 Å². The van der Waals surface area contributed by atoms with Crippen LogP contribution in [0.3, 0.4) is 0 Å². The summed E-state index contributed by atoms with van der Waals surface area (Å²) >= 11 is 6.78. The Bertz CT molecular complexity index is 674. The number of anilines is 1. The quantitative estimate of drug-likeness (QED) is 0.802. The van der Waals surface area contributed by atoms with Crippen LogP contribution in [-0.4, -0.2) is 20.1 Å². The van der Waals surface area contributed by atoms with Gasteiger partial charge in [0.05, 0.1) is 25.5 Å². The van der Waals surface area contributed by atoms with Crippen LogP contribution in [0.25, 0.3) is 0 Å². The van der Waals surface area contributed by atoms with E-state index < -0.39 is 0 Å². The average Bonchev–Trinajstić information content (AvgIpc) is 2.49. The summed E-state index contributed by atoms with van der Waals surface area (Å²) in [7, 11) is 3.07. The molecule has 0 spiro atoms. The Hall–Kier alpha value is -1.53. The highest BCUT2D eigenvalue weighted by molar-refractivity contribution is 9.11. The maximum absolute atomic E-state index is 12.4. The number of carbonyl (C=O) groups is 1. The molecule has 2 aromatic carbocycles. The van der Waals surface area contributed by atoms with Crippen molar-refractivity contribution in [2.75, 3.05) is 19.5 Å². The van der Waals surface area contributed by atoms with Crippen molar-refractivity contribution in [3.05, 3.63) is 50.9 Å². The number of benzene rings is 2. The van der Waals surface area contributed by atoms with Crippen LogP contribution < -0.4 is 14.8 Å². The molecule has 110 valence electrons. The molecule has 0 aliphatic heterocycles. The highest BCUT2D eigenvalue weighted by Gasteiger charge is 2.15. The van der Waals surface area contributed by atoms with Gasteiger partial charge in [-0.05, 0) is 52.3 Å². The lowest BCUT2D eigenvalue weighted by atomic mass is 10.1. The Kier molecular flexibility index (Phi) is 5.25. The number of carbonyl (C=O) groups excluding carboxylic acids is 1. The Balaban J connectivity index is 2.31. The van der Waals surface area contributed by atoms with Crippen LogP contribution >= 0.6 is 31.9 Å². The molecule has 1 amide bonds. The van der Waals surface area contributed by atoms with Gasteiger partial charge < -0.3 is 14.8 Å². The van der Waals surface area contributed by atoms with Gasteiger partial charge in [-0.1, -0.05) is 15.9 Å². The van der Waals surface area contributed by atoms with Crippen molar-refractivity contribution in [1.29, 1.82) is 0 Å². The van der Waals surface area contributed by atoms with Gasteiger partial charge >= 0.3 is 0 Å². The van der Waals surface area contributed by atoms with Crippen LogP contribution in [0.2, 0.25) is 0 Å². The molecule has 2 rings (SSSR count). The summed E-state index contributed by atoms with van der Waals surface area (Å²) in [6.45, 7) is 0. The molecule has 4 nitrogen and oxygen atoms in total. The molecular formula is C15H13Br2NO3. The van der Waals surface area contributed by atoms with Gasteiger partial charge in [0.25, 0.3) is 5.91 Å². The van der Waals surface area contributed by atoms with Crippen molar-refractivity contribution < 1.29 is 14.3 Å². The fourth-order valence-electron chi connectivity index (χ4n) is 1.77. The van der Waals surface area contributed by atoms with E-state index in [0.29, 0.717) is 22.7 Å². The van der Waals surface area contributed by atoms with Crippen molar-refractivity contribution in [1.82, 2.24) is 0 Å². The third-order valence-electron chi connectivity index (χ3n) is 2.83. The van der Waals surface area contributed by atoms with E-state index in [2.05, 4.69) is 37.2 Å². The van der Waals surface area contributed by atoms with Gasteiger partial charge in [0.2, 0.25) is 0 Å². The van der Waals surface area contributed by atoms with Crippen LogP contribution in [0, 0.1) is 0 Å². The van der Waals surface area contributed by atoms with Gasteiger partial charge in [-0.25, -0.2) is 0 Å². The third-order valence-corrected chi connectivity index (χ3v) is 3.98. The van der Waals surface area contributed by atoms with Crippen LogP contribution in [0.5, 0.6) is 11.5 Å². The number of nitrogens with one attached hydrogen (secondary N) is 1. The molecule has 0 aromatic heterocycles. The molecule has 0 radical (unpaired) electrons. The molecule has 1 N–H and O–H groups in total. The standard InChI is InChI=1S/C15H13Br2NO3/c1-20-10-4-6-14(21-2)11(8-10)15(19)18-13-5-3-9(16)7-12(13)17/h3-8H,1-2H3,(H,18,19). The van der Waals surface area contributed by atoms with E-state index in [1.807, 2.05) is 12.1 Å². The molecule has 0 bridgehead atoms. The molecule has 0 fully saturated rings. The van der Waals surface area contributed by atoms with Gasteiger partial charge in [0.15, 0.2) is 0 Å². The first-order valence-corrected chi connectivity index (χ1v) is 7.62. The van der Waals surface area contributed by atoms with E-state index in [-0.39, 0.29) is 5.91 Å². The minimum Gasteiger partial charge on any atom is -0.497 e. The molecular weight excluding hydrogens is 402 g/mol. The summed E-state index contributed by atoms with van der Waals surface area (Å²) in [5, 5.41) is 2.84. The Morgan fingerprint density at radius 2 is 1.81 bits per heavy atom. The van der Waals surface area contributed by atoms with E-state index in [0.717, 1.165) is 8.95 Å². The predicted octanol–water partition coefficient (Wildman–Crippen LogP) is 4.48. The minimum absolute atomic E-state index is 0.270. The zero-order valence-electron chi connectivity index (χ0n) is 11.4. The smallest absolute Gasteiger partial charge is 0.259 e. The molecule has 0 aliphatic carbocycles. The fourth-order valence-corrected chi connectivity index (χ4v) is 2.92. The zero-order chi connectivity index (χ0) is 15.4. The van der Waals surface area contributed by atoms with Gasteiger partial charge in [-0.2, -0.15) is 0 Å². The van der Waals surface area contributed by atoms with Gasteiger partial charge in [-0.3, -0.25) is 4.79 Å². The fraction of sp³-hybridized carbons (Fsp3) is 0.133. The van der Waals surface area contributed by atoms with Crippen molar-refractivity contribution in [3.8, 4) is 11.5 Å². The number of amides is 1. The monoisotopic (exact) mass is 413 g/mol. The largest absolute Gasteiger partial charge is 0.497 e. The summed E-state index contributed by atoms with van der Waals surface area (Å²) < 4.78 is 12.1. The minimum atomic E-state index is -0.270. The summed E-state index contributed by atoms with van der Waals surface area (Å²) in [5.41, 5.74) is 1.08. The highest BCUT2D eigenvalue weighted by atomic mass is 79.9. The lowest BCUT2D eigenvalue weighted by Crippen LogP contribution is -2.13. The number of methoxy groups -OCH3 is 2. The molecule has 0 atom stereocenters. The van der Waals surface area contributed by atoms with Crippen molar-refractivity contribution in [3.63, 3.8) is 0 Å². The molecule has 21 heavy (non-hydrogen) atoms. The molecule has 0 saturated carbocycles.